The monoisotopic (exact) mass is 451 g/mol. The molecular weight excluding hydrogens is 430 g/mol. The van der Waals surface area contributed by atoms with Crippen LogP contribution in [0.4, 0.5) is 0 Å². The van der Waals surface area contributed by atoms with E-state index < -0.39 is 5.91 Å². The van der Waals surface area contributed by atoms with E-state index in [1.54, 1.807) is 49.6 Å². The lowest BCUT2D eigenvalue weighted by Crippen LogP contribution is -2.34. The smallest absolute Gasteiger partial charge is 0.259 e. The zero-order chi connectivity index (χ0) is 22.8. The SMILES string of the molecule is COc1cc(/C=N\NC(=O)CNC(=O)c2ccc(Cl)cc2)ccc1OCc1ccccc1. The minimum atomic E-state index is -0.460. The van der Waals surface area contributed by atoms with Crippen molar-refractivity contribution in [2.45, 2.75) is 6.61 Å². The lowest BCUT2D eigenvalue weighted by atomic mass is 10.2. The lowest BCUT2D eigenvalue weighted by molar-refractivity contribution is -0.120. The van der Waals surface area contributed by atoms with Gasteiger partial charge in [0.2, 0.25) is 0 Å². The van der Waals surface area contributed by atoms with Crippen LogP contribution in [0.2, 0.25) is 5.02 Å². The summed E-state index contributed by atoms with van der Waals surface area (Å²) < 4.78 is 11.2. The molecule has 0 unspecified atom stereocenters. The van der Waals surface area contributed by atoms with E-state index >= 15 is 0 Å². The highest BCUT2D eigenvalue weighted by atomic mass is 35.5. The minimum absolute atomic E-state index is 0.214. The van der Waals surface area contributed by atoms with Crippen molar-refractivity contribution in [1.29, 1.82) is 0 Å². The number of rotatable bonds is 9. The molecule has 3 aromatic rings. The van der Waals surface area contributed by atoms with Crippen LogP contribution in [0.15, 0.2) is 77.9 Å². The highest BCUT2D eigenvalue weighted by Gasteiger charge is 2.08. The fraction of sp³-hybridized carbons (Fsp3) is 0.125. The van der Waals surface area contributed by atoms with E-state index in [0.717, 1.165) is 5.56 Å². The van der Waals surface area contributed by atoms with E-state index in [1.807, 2.05) is 30.3 Å². The number of halogens is 1. The molecule has 0 saturated carbocycles. The van der Waals surface area contributed by atoms with Gasteiger partial charge in [0.1, 0.15) is 6.61 Å². The maximum absolute atomic E-state index is 12.0. The van der Waals surface area contributed by atoms with Crippen molar-refractivity contribution in [1.82, 2.24) is 10.7 Å². The summed E-state index contributed by atoms with van der Waals surface area (Å²) >= 11 is 5.79. The number of methoxy groups -OCH3 is 1. The number of benzene rings is 3. The Morgan fingerprint density at radius 2 is 1.75 bits per heavy atom. The van der Waals surface area contributed by atoms with Crippen LogP contribution in [0, 0.1) is 0 Å². The van der Waals surface area contributed by atoms with Crippen molar-refractivity contribution in [3.05, 3.63) is 94.5 Å². The van der Waals surface area contributed by atoms with Crippen molar-refractivity contribution in [2.24, 2.45) is 5.10 Å². The summed E-state index contributed by atoms with van der Waals surface area (Å²) in [4.78, 5) is 23.9. The molecule has 0 aliphatic carbocycles. The van der Waals surface area contributed by atoms with Crippen LogP contribution in [0.3, 0.4) is 0 Å². The van der Waals surface area contributed by atoms with E-state index in [0.29, 0.717) is 34.3 Å². The number of hydrazone groups is 1. The molecule has 32 heavy (non-hydrogen) atoms. The average molecular weight is 452 g/mol. The summed E-state index contributed by atoms with van der Waals surface area (Å²) in [5.74, 6) is 0.309. The molecule has 2 N–H and O–H groups in total. The number of amides is 2. The molecule has 2 amide bonds. The van der Waals surface area contributed by atoms with Gasteiger partial charge in [0.05, 0.1) is 19.9 Å². The molecule has 0 saturated heterocycles. The van der Waals surface area contributed by atoms with Crippen LogP contribution in [0.1, 0.15) is 21.5 Å². The van der Waals surface area contributed by atoms with Gasteiger partial charge in [0.25, 0.3) is 11.8 Å². The number of ether oxygens (including phenoxy) is 2. The van der Waals surface area contributed by atoms with Crippen LogP contribution in [-0.2, 0) is 11.4 Å². The van der Waals surface area contributed by atoms with Crippen molar-refractivity contribution in [3.8, 4) is 11.5 Å². The third-order valence-corrected chi connectivity index (χ3v) is 4.60. The average Bonchev–Trinajstić information content (AvgIpc) is 2.82. The van der Waals surface area contributed by atoms with E-state index in [9.17, 15) is 9.59 Å². The third kappa shape index (κ3) is 6.85. The van der Waals surface area contributed by atoms with Crippen LogP contribution in [0.25, 0.3) is 0 Å². The summed E-state index contributed by atoms with van der Waals surface area (Å²) in [6, 6.07) is 21.5. The van der Waals surface area contributed by atoms with Crippen LogP contribution in [0.5, 0.6) is 11.5 Å². The van der Waals surface area contributed by atoms with Crippen molar-refractivity contribution in [3.63, 3.8) is 0 Å². The van der Waals surface area contributed by atoms with Gasteiger partial charge in [0, 0.05) is 10.6 Å². The minimum Gasteiger partial charge on any atom is -0.493 e. The summed E-state index contributed by atoms with van der Waals surface area (Å²) in [5, 5.41) is 6.96. The first-order valence-corrected chi connectivity index (χ1v) is 10.1. The number of hydrogen-bond donors (Lipinski definition) is 2. The molecule has 0 aliphatic rings. The number of carbonyl (C=O) groups excluding carboxylic acids is 2. The highest BCUT2D eigenvalue weighted by molar-refractivity contribution is 6.30. The molecular formula is C24H22ClN3O4. The lowest BCUT2D eigenvalue weighted by Gasteiger charge is -2.11. The molecule has 3 aromatic carbocycles. The first kappa shape index (κ1) is 22.8. The normalized spacial score (nSPS) is 10.6. The van der Waals surface area contributed by atoms with Crippen LogP contribution < -0.4 is 20.2 Å². The molecule has 0 atom stereocenters. The molecule has 0 radical (unpaired) electrons. The summed E-state index contributed by atoms with van der Waals surface area (Å²) in [6.07, 6.45) is 1.47. The first-order valence-electron chi connectivity index (χ1n) is 9.75. The number of carbonyl (C=O) groups is 2. The van der Waals surface area contributed by atoms with Gasteiger partial charge in [-0.1, -0.05) is 41.9 Å². The second-order valence-electron chi connectivity index (χ2n) is 6.67. The van der Waals surface area contributed by atoms with E-state index in [4.69, 9.17) is 21.1 Å². The summed E-state index contributed by atoms with van der Waals surface area (Å²) in [7, 11) is 1.55. The Hall–Kier alpha value is -3.84. The zero-order valence-corrected chi connectivity index (χ0v) is 18.1. The maximum atomic E-state index is 12.0. The molecule has 7 nitrogen and oxygen atoms in total. The van der Waals surface area contributed by atoms with Crippen LogP contribution in [-0.4, -0.2) is 31.7 Å². The molecule has 0 bridgehead atoms. The van der Waals surface area contributed by atoms with Gasteiger partial charge in [-0.05, 0) is 53.6 Å². The largest absolute Gasteiger partial charge is 0.493 e. The van der Waals surface area contributed by atoms with Gasteiger partial charge in [0.15, 0.2) is 11.5 Å². The van der Waals surface area contributed by atoms with Crippen molar-refractivity contribution >= 4 is 29.6 Å². The molecule has 164 valence electrons. The Labute approximate surface area is 191 Å². The Morgan fingerprint density at radius 3 is 2.47 bits per heavy atom. The fourth-order valence-corrected chi connectivity index (χ4v) is 2.83. The maximum Gasteiger partial charge on any atom is 0.259 e. The van der Waals surface area contributed by atoms with Crippen molar-refractivity contribution in [2.75, 3.05) is 13.7 Å². The molecule has 0 spiro atoms. The van der Waals surface area contributed by atoms with E-state index in [-0.39, 0.29) is 12.5 Å². The Balaban J connectivity index is 1.49. The Bertz CT molecular complexity index is 1090. The molecule has 0 heterocycles. The standard InChI is InChI=1S/C24H22ClN3O4/c1-31-22-13-18(7-12-21(22)32-16-17-5-3-2-4-6-17)14-27-28-23(29)15-26-24(30)19-8-10-20(25)11-9-19/h2-14H,15-16H2,1H3,(H,26,30)(H,28,29)/b27-14-. The van der Waals surface area contributed by atoms with Gasteiger partial charge >= 0.3 is 0 Å². The van der Waals surface area contributed by atoms with Crippen molar-refractivity contribution < 1.29 is 19.1 Å². The summed E-state index contributed by atoms with van der Waals surface area (Å²) in [6.45, 7) is 0.205. The zero-order valence-electron chi connectivity index (χ0n) is 17.4. The molecule has 0 aromatic heterocycles. The predicted molar refractivity (Wildman–Crippen MR) is 123 cm³/mol. The van der Waals surface area contributed by atoms with Gasteiger partial charge in [-0.15, -0.1) is 0 Å². The number of nitrogens with zero attached hydrogens (tertiary/aromatic N) is 1. The fourth-order valence-electron chi connectivity index (χ4n) is 2.70. The third-order valence-electron chi connectivity index (χ3n) is 4.34. The summed E-state index contributed by atoms with van der Waals surface area (Å²) in [5.41, 5.74) is 4.53. The van der Waals surface area contributed by atoms with Crippen LogP contribution >= 0.6 is 11.6 Å². The predicted octanol–water partition coefficient (Wildman–Crippen LogP) is 3.81. The van der Waals surface area contributed by atoms with Gasteiger partial charge in [-0.2, -0.15) is 5.10 Å². The molecule has 0 aliphatic heterocycles. The second kappa shape index (κ2) is 11.5. The number of nitrogens with one attached hydrogen (secondary N) is 2. The quantitative estimate of drug-likeness (QED) is 0.382. The van der Waals surface area contributed by atoms with Gasteiger partial charge in [-0.25, -0.2) is 5.43 Å². The molecule has 8 heteroatoms. The second-order valence-corrected chi connectivity index (χ2v) is 7.10. The van der Waals surface area contributed by atoms with E-state index in [1.165, 1.54) is 6.21 Å². The van der Waals surface area contributed by atoms with Gasteiger partial charge in [-0.3, -0.25) is 9.59 Å². The van der Waals surface area contributed by atoms with Gasteiger partial charge < -0.3 is 14.8 Å². The Morgan fingerprint density at radius 1 is 1.00 bits per heavy atom. The molecule has 3 rings (SSSR count). The topological polar surface area (TPSA) is 89.0 Å². The highest BCUT2D eigenvalue weighted by Crippen LogP contribution is 2.28. The van der Waals surface area contributed by atoms with E-state index in [2.05, 4.69) is 15.8 Å². The number of hydrogen-bond acceptors (Lipinski definition) is 5. The molecule has 0 fully saturated rings. The first-order chi connectivity index (χ1) is 15.5. The Kier molecular flexibility index (Phi) is 8.22.